The Morgan fingerprint density at radius 2 is 2.15 bits per heavy atom. The predicted molar refractivity (Wildman–Crippen MR) is 78.4 cm³/mol. The first kappa shape index (κ1) is 14.1. The van der Waals surface area contributed by atoms with Crippen LogP contribution in [0.5, 0.6) is 5.75 Å². The molecule has 0 aliphatic carbocycles. The summed E-state index contributed by atoms with van der Waals surface area (Å²) in [4.78, 5) is 0. The fraction of sp³-hybridized carbons (Fsp3) is 0.375. The van der Waals surface area contributed by atoms with Crippen LogP contribution in [0.3, 0.4) is 0 Å². The Morgan fingerprint density at radius 3 is 2.80 bits per heavy atom. The lowest BCUT2D eigenvalue weighted by Crippen LogP contribution is -2.03. The number of nitriles is 1. The second-order valence-electron chi connectivity index (χ2n) is 5.21. The van der Waals surface area contributed by atoms with Crippen molar-refractivity contribution in [3.63, 3.8) is 0 Å². The highest BCUT2D eigenvalue weighted by Crippen LogP contribution is 2.26. The summed E-state index contributed by atoms with van der Waals surface area (Å²) in [7, 11) is 1.62. The van der Waals surface area contributed by atoms with E-state index in [2.05, 4.69) is 25.0 Å². The fourth-order valence-corrected chi connectivity index (χ4v) is 2.17. The van der Waals surface area contributed by atoms with E-state index in [1.807, 2.05) is 35.3 Å². The summed E-state index contributed by atoms with van der Waals surface area (Å²) in [5.41, 5.74) is 3.03. The van der Waals surface area contributed by atoms with E-state index < -0.39 is 0 Å². The molecule has 0 saturated heterocycles. The van der Waals surface area contributed by atoms with E-state index in [4.69, 9.17) is 10.00 Å². The fourth-order valence-electron chi connectivity index (χ4n) is 2.17. The Hall–Kier alpha value is -2.28. The van der Waals surface area contributed by atoms with Gasteiger partial charge in [-0.1, -0.05) is 19.9 Å². The SMILES string of the molecule is COc1ccc(-c2cnn(CC(C)C)c2)cc1CC#N. The van der Waals surface area contributed by atoms with Crippen molar-refractivity contribution >= 4 is 0 Å². The molecule has 20 heavy (non-hydrogen) atoms. The molecule has 4 nitrogen and oxygen atoms in total. The van der Waals surface area contributed by atoms with Gasteiger partial charge in [-0.05, 0) is 23.6 Å². The number of hydrogen-bond donors (Lipinski definition) is 0. The summed E-state index contributed by atoms with van der Waals surface area (Å²) in [5.74, 6) is 1.32. The number of ether oxygens (including phenoxy) is 1. The second kappa shape index (κ2) is 6.25. The van der Waals surface area contributed by atoms with Gasteiger partial charge in [0.15, 0.2) is 0 Å². The Kier molecular flexibility index (Phi) is 4.41. The van der Waals surface area contributed by atoms with E-state index in [1.165, 1.54) is 0 Å². The van der Waals surface area contributed by atoms with Crippen molar-refractivity contribution < 1.29 is 4.74 Å². The highest BCUT2D eigenvalue weighted by molar-refractivity contribution is 5.64. The molecule has 1 heterocycles. The van der Waals surface area contributed by atoms with Crippen molar-refractivity contribution in [1.82, 2.24) is 9.78 Å². The lowest BCUT2D eigenvalue weighted by Gasteiger charge is -2.07. The van der Waals surface area contributed by atoms with E-state index in [1.54, 1.807) is 7.11 Å². The van der Waals surface area contributed by atoms with Crippen LogP contribution >= 0.6 is 0 Å². The zero-order valence-corrected chi connectivity index (χ0v) is 12.1. The first-order valence-corrected chi connectivity index (χ1v) is 6.70. The molecule has 1 aromatic heterocycles. The Labute approximate surface area is 119 Å². The van der Waals surface area contributed by atoms with Crippen molar-refractivity contribution in [3.05, 3.63) is 36.2 Å². The Morgan fingerprint density at radius 1 is 1.35 bits per heavy atom. The number of hydrogen-bond acceptors (Lipinski definition) is 3. The third kappa shape index (κ3) is 3.18. The minimum atomic E-state index is 0.344. The van der Waals surface area contributed by atoms with Gasteiger partial charge in [-0.2, -0.15) is 10.4 Å². The van der Waals surface area contributed by atoms with Gasteiger partial charge in [-0.3, -0.25) is 4.68 Å². The number of rotatable bonds is 5. The minimum Gasteiger partial charge on any atom is -0.496 e. The molecular weight excluding hydrogens is 250 g/mol. The molecule has 4 heteroatoms. The van der Waals surface area contributed by atoms with Gasteiger partial charge >= 0.3 is 0 Å². The van der Waals surface area contributed by atoms with E-state index in [9.17, 15) is 0 Å². The van der Waals surface area contributed by atoms with Crippen LogP contribution in [0, 0.1) is 17.2 Å². The molecule has 0 N–H and O–H groups in total. The molecule has 0 atom stereocenters. The highest BCUT2D eigenvalue weighted by Gasteiger charge is 2.08. The van der Waals surface area contributed by atoms with Crippen LogP contribution in [0.1, 0.15) is 19.4 Å². The average Bonchev–Trinajstić information content (AvgIpc) is 2.86. The maximum absolute atomic E-state index is 8.88. The van der Waals surface area contributed by atoms with E-state index in [0.29, 0.717) is 12.3 Å². The largest absolute Gasteiger partial charge is 0.496 e. The molecule has 0 amide bonds. The number of aromatic nitrogens is 2. The molecule has 0 unspecified atom stereocenters. The molecule has 0 bridgehead atoms. The first-order chi connectivity index (χ1) is 9.63. The summed E-state index contributed by atoms with van der Waals surface area (Å²) >= 11 is 0. The number of benzene rings is 1. The van der Waals surface area contributed by atoms with E-state index >= 15 is 0 Å². The Bertz CT molecular complexity index is 623. The van der Waals surface area contributed by atoms with Gasteiger partial charge in [-0.25, -0.2) is 0 Å². The predicted octanol–water partition coefficient (Wildman–Crippen LogP) is 3.28. The summed E-state index contributed by atoms with van der Waals surface area (Å²) in [6.07, 6.45) is 4.25. The van der Waals surface area contributed by atoms with Gasteiger partial charge in [0, 0.05) is 23.9 Å². The minimum absolute atomic E-state index is 0.344. The van der Waals surface area contributed by atoms with Gasteiger partial charge in [0.05, 0.1) is 25.8 Å². The quantitative estimate of drug-likeness (QED) is 0.837. The number of methoxy groups -OCH3 is 1. The standard InChI is InChI=1S/C16H19N3O/c1-12(2)10-19-11-15(9-18-19)13-4-5-16(20-3)14(8-13)6-7-17/h4-5,8-9,11-12H,6,10H2,1-3H3. The van der Waals surface area contributed by atoms with Crippen molar-refractivity contribution in [3.8, 4) is 22.9 Å². The molecule has 104 valence electrons. The van der Waals surface area contributed by atoms with Gasteiger partial charge in [0.25, 0.3) is 0 Å². The zero-order chi connectivity index (χ0) is 14.5. The first-order valence-electron chi connectivity index (χ1n) is 6.70. The highest BCUT2D eigenvalue weighted by atomic mass is 16.5. The molecule has 1 aromatic carbocycles. The van der Waals surface area contributed by atoms with Gasteiger partial charge in [0.1, 0.15) is 5.75 Å². The maximum Gasteiger partial charge on any atom is 0.123 e. The normalized spacial score (nSPS) is 10.6. The average molecular weight is 269 g/mol. The second-order valence-corrected chi connectivity index (χ2v) is 5.21. The van der Waals surface area contributed by atoms with Crippen LogP contribution in [0.2, 0.25) is 0 Å². The smallest absolute Gasteiger partial charge is 0.123 e. The van der Waals surface area contributed by atoms with Crippen LogP contribution in [-0.4, -0.2) is 16.9 Å². The number of nitrogens with zero attached hydrogens (tertiary/aromatic N) is 3. The lowest BCUT2D eigenvalue weighted by atomic mass is 10.0. The van der Waals surface area contributed by atoms with Crippen molar-refractivity contribution in [2.75, 3.05) is 7.11 Å². The van der Waals surface area contributed by atoms with Crippen LogP contribution in [-0.2, 0) is 13.0 Å². The molecule has 2 rings (SSSR count). The summed E-state index contributed by atoms with van der Waals surface area (Å²) in [5, 5.41) is 13.3. The molecular formula is C16H19N3O. The van der Waals surface area contributed by atoms with Crippen molar-refractivity contribution in [1.29, 1.82) is 5.26 Å². The van der Waals surface area contributed by atoms with Crippen molar-refractivity contribution in [2.24, 2.45) is 5.92 Å². The topological polar surface area (TPSA) is 50.8 Å². The summed E-state index contributed by atoms with van der Waals surface area (Å²) in [6, 6.07) is 8.07. The van der Waals surface area contributed by atoms with E-state index in [-0.39, 0.29) is 0 Å². The molecule has 0 fully saturated rings. The molecule has 0 spiro atoms. The molecule has 0 saturated carbocycles. The van der Waals surface area contributed by atoms with Gasteiger partial charge in [-0.15, -0.1) is 0 Å². The van der Waals surface area contributed by atoms with Gasteiger partial charge < -0.3 is 4.74 Å². The molecule has 0 radical (unpaired) electrons. The van der Waals surface area contributed by atoms with Crippen molar-refractivity contribution in [2.45, 2.75) is 26.8 Å². The third-order valence-electron chi connectivity index (χ3n) is 3.07. The van der Waals surface area contributed by atoms with Crippen LogP contribution in [0.4, 0.5) is 0 Å². The summed E-state index contributed by atoms with van der Waals surface area (Å²) in [6.45, 7) is 5.24. The molecule has 0 aliphatic heterocycles. The van der Waals surface area contributed by atoms with Gasteiger partial charge in [0.2, 0.25) is 0 Å². The molecule has 0 aliphatic rings. The zero-order valence-electron chi connectivity index (χ0n) is 12.1. The maximum atomic E-state index is 8.88. The van der Waals surface area contributed by atoms with Crippen LogP contribution in [0.25, 0.3) is 11.1 Å². The monoisotopic (exact) mass is 269 g/mol. The van der Waals surface area contributed by atoms with Crippen LogP contribution < -0.4 is 4.74 Å². The third-order valence-corrected chi connectivity index (χ3v) is 3.07. The lowest BCUT2D eigenvalue weighted by molar-refractivity contribution is 0.411. The summed E-state index contributed by atoms with van der Waals surface area (Å²) < 4.78 is 7.23. The van der Waals surface area contributed by atoms with E-state index in [0.717, 1.165) is 29.0 Å². The molecule has 2 aromatic rings. The Balaban J connectivity index is 2.30. The van der Waals surface area contributed by atoms with Crippen LogP contribution in [0.15, 0.2) is 30.6 Å².